The Morgan fingerprint density at radius 2 is 2.15 bits per heavy atom. The summed E-state index contributed by atoms with van der Waals surface area (Å²) >= 11 is 0. The van der Waals surface area contributed by atoms with E-state index in [1.807, 2.05) is 17.0 Å². The molecule has 2 N–H and O–H groups in total. The van der Waals surface area contributed by atoms with Crippen molar-refractivity contribution in [3.8, 4) is 0 Å². The number of hydrogen-bond acceptors (Lipinski definition) is 4. The van der Waals surface area contributed by atoms with Gasteiger partial charge in [0.25, 0.3) is 5.91 Å². The number of aromatic nitrogens is 3. The summed E-state index contributed by atoms with van der Waals surface area (Å²) < 4.78 is 0. The van der Waals surface area contributed by atoms with Crippen molar-refractivity contribution >= 4 is 11.7 Å². The van der Waals surface area contributed by atoms with Gasteiger partial charge >= 0.3 is 0 Å². The van der Waals surface area contributed by atoms with Crippen LogP contribution >= 0.6 is 0 Å². The Morgan fingerprint density at radius 1 is 1.30 bits per heavy atom. The molecule has 6 heteroatoms. The summed E-state index contributed by atoms with van der Waals surface area (Å²) in [5.41, 5.74) is 1.59. The van der Waals surface area contributed by atoms with E-state index in [2.05, 4.69) is 20.5 Å². The third-order valence-electron chi connectivity index (χ3n) is 3.44. The monoisotopic (exact) mass is 271 g/mol. The van der Waals surface area contributed by atoms with Crippen LogP contribution in [-0.2, 0) is 6.54 Å². The van der Waals surface area contributed by atoms with E-state index in [1.54, 1.807) is 18.5 Å². The number of amides is 1. The molecule has 0 saturated carbocycles. The Kier molecular flexibility index (Phi) is 3.62. The predicted molar refractivity (Wildman–Crippen MR) is 75.3 cm³/mol. The molecule has 6 nitrogen and oxygen atoms in total. The Morgan fingerprint density at radius 3 is 2.90 bits per heavy atom. The molecule has 2 aromatic heterocycles. The number of likely N-dealkylation sites (tertiary alicyclic amines) is 1. The number of carbonyl (C=O) groups is 1. The molecule has 0 bridgehead atoms. The Hall–Kier alpha value is -2.37. The molecule has 2 aromatic rings. The van der Waals surface area contributed by atoms with Gasteiger partial charge in [-0.2, -0.15) is 5.10 Å². The van der Waals surface area contributed by atoms with Crippen LogP contribution in [0.25, 0.3) is 0 Å². The second-order valence-electron chi connectivity index (χ2n) is 4.83. The molecule has 0 radical (unpaired) electrons. The largest absolute Gasteiger partial charge is 0.364 e. The normalized spacial score (nSPS) is 14.5. The van der Waals surface area contributed by atoms with Crippen molar-refractivity contribution < 1.29 is 4.79 Å². The quantitative estimate of drug-likeness (QED) is 0.886. The summed E-state index contributed by atoms with van der Waals surface area (Å²) in [5.74, 6) is 0.682. The number of carbonyl (C=O) groups excluding carboxylic acids is 1. The number of nitrogens with zero attached hydrogens (tertiary/aromatic N) is 3. The molecular weight excluding hydrogens is 254 g/mol. The fraction of sp³-hybridized carbons (Fsp3) is 0.357. The molecule has 1 aliphatic heterocycles. The van der Waals surface area contributed by atoms with Crippen molar-refractivity contribution in [2.75, 3.05) is 18.4 Å². The molecule has 3 heterocycles. The maximum atomic E-state index is 12.5. The van der Waals surface area contributed by atoms with Gasteiger partial charge in [0, 0.05) is 25.5 Å². The van der Waals surface area contributed by atoms with Crippen LogP contribution < -0.4 is 5.32 Å². The SMILES string of the molecule is O=C(c1cccnc1NCc1ccn[nH]1)N1CCCC1. The van der Waals surface area contributed by atoms with Gasteiger partial charge in [-0.3, -0.25) is 9.89 Å². The zero-order valence-electron chi connectivity index (χ0n) is 11.2. The number of pyridine rings is 1. The average molecular weight is 271 g/mol. The number of nitrogens with one attached hydrogen (secondary N) is 2. The van der Waals surface area contributed by atoms with Crippen LogP contribution in [0.2, 0.25) is 0 Å². The molecule has 20 heavy (non-hydrogen) atoms. The Bertz CT molecular complexity index is 575. The number of aromatic amines is 1. The summed E-state index contributed by atoms with van der Waals surface area (Å²) in [7, 11) is 0. The highest BCUT2D eigenvalue weighted by Crippen LogP contribution is 2.18. The van der Waals surface area contributed by atoms with Crippen molar-refractivity contribution in [3.63, 3.8) is 0 Å². The lowest BCUT2D eigenvalue weighted by atomic mass is 10.2. The van der Waals surface area contributed by atoms with Crippen molar-refractivity contribution in [3.05, 3.63) is 41.9 Å². The van der Waals surface area contributed by atoms with Gasteiger partial charge in [0.1, 0.15) is 5.82 Å². The molecule has 1 aliphatic rings. The molecule has 3 rings (SSSR count). The van der Waals surface area contributed by atoms with Crippen molar-refractivity contribution in [1.82, 2.24) is 20.1 Å². The molecule has 0 aromatic carbocycles. The number of H-pyrrole nitrogens is 1. The van der Waals surface area contributed by atoms with Crippen LogP contribution in [0.3, 0.4) is 0 Å². The van der Waals surface area contributed by atoms with E-state index in [0.717, 1.165) is 31.6 Å². The van der Waals surface area contributed by atoms with Crippen LogP contribution in [-0.4, -0.2) is 39.1 Å². The van der Waals surface area contributed by atoms with Crippen molar-refractivity contribution in [2.24, 2.45) is 0 Å². The third kappa shape index (κ3) is 2.64. The first-order valence-corrected chi connectivity index (χ1v) is 6.81. The topological polar surface area (TPSA) is 73.9 Å². The van der Waals surface area contributed by atoms with Gasteiger partial charge in [0.15, 0.2) is 0 Å². The maximum absolute atomic E-state index is 12.5. The first kappa shape index (κ1) is 12.7. The minimum atomic E-state index is 0.0581. The molecule has 1 fully saturated rings. The third-order valence-corrected chi connectivity index (χ3v) is 3.44. The Balaban J connectivity index is 1.75. The predicted octanol–water partition coefficient (Wildman–Crippen LogP) is 1.65. The fourth-order valence-corrected chi connectivity index (χ4v) is 2.37. The zero-order valence-corrected chi connectivity index (χ0v) is 11.2. The lowest BCUT2D eigenvalue weighted by molar-refractivity contribution is 0.0793. The molecule has 0 unspecified atom stereocenters. The highest BCUT2D eigenvalue weighted by atomic mass is 16.2. The van der Waals surface area contributed by atoms with Crippen LogP contribution in [0.4, 0.5) is 5.82 Å². The highest BCUT2D eigenvalue weighted by molar-refractivity contribution is 5.98. The van der Waals surface area contributed by atoms with E-state index in [-0.39, 0.29) is 5.91 Å². The van der Waals surface area contributed by atoms with E-state index in [4.69, 9.17) is 0 Å². The lowest BCUT2D eigenvalue weighted by Crippen LogP contribution is -2.28. The molecule has 1 amide bonds. The molecule has 0 aliphatic carbocycles. The molecule has 104 valence electrons. The fourth-order valence-electron chi connectivity index (χ4n) is 2.37. The van der Waals surface area contributed by atoms with Crippen LogP contribution in [0, 0.1) is 0 Å². The van der Waals surface area contributed by atoms with E-state index in [9.17, 15) is 4.79 Å². The number of hydrogen-bond donors (Lipinski definition) is 2. The summed E-state index contributed by atoms with van der Waals surface area (Å²) in [4.78, 5) is 18.6. The maximum Gasteiger partial charge on any atom is 0.257 e. The lowest BCUT2D eigenvalue weighted by Gasteiger charge is -2.17. The Labute approximate surface area is 117 Å². The summed E-state index contributed by atoms with van der Waals surface area (Å²) in [5, 5.41) is 9.96. The van der Waals surface area contributed by atoms with Gasteiger partial charge in [-0.1, -0.05) is 0 Å². The van der Waals surface area contributed by atoms with Gasteiger partial charge < -0.3 is 10.2 Å². The van der Waals surface area contributed by atoms with Gasteiger partial charge in [-0.25, -0.2) is 4.98 Å². The van der Waals surface area contributed by atoms with Crippen LogP contribution in [0.1, 0.15) is 28.9 Å². The van der Waals surface area contributed by atoms with Gasteiger partial charge in [-0.05, 0) is 31.0 Å². The second-order valence-corrected chi connectivity index (χ2v) is 4.83. The van der Waals surface area contributed by atoms with Crippen LogP contribution in [0.15, 0.2) is 30.6 Å². The van der Waals surface area contributed by atoms with Gasteiger partial charge in [-0.15, -0.1) is 0 Å². The molecule has 0 spiro atoms. The summed E-state index contributed by atoms with van der Waals surface area (Å²) in [6.45, 7) is 2.25. The molecule has 0 atom stereocenters. The smallest absolute Gasteiger partial charge is 0.257 e. The van der Waals surface area contributed by atoms with E-state index >= 15 is 0 Å². The number of anilines is 1. The number of rotatable bonds is 4. The van der Waals surface area contributed by atoms with Crippen molar-refractivity contribution in [1.29, 1.82) is 0 Å². The summed E-state index contributed by atoms with van der Waals surface area (Å²) in [6, 6.07) is 5.51. The standard InChI is InChI=1S/C14H17N5O/c20-14(19-8-1-2-9-19)12-4-3-6-15-13(12)16-10-11-5-7-17-18-11/h3-7H,1-2,8-10H2,(H,15,16)(H,17,18). The first-order chi connectivity index (χ1) is 9.84. The van der Waals surface area contributed by atoms with E-state index < -0.39 is 0 Å². The minimum Gasteiger partial charge on any atom is -0.364 e. The molecule has 1 saturated heterocycles. The average Bonchev–Trinajstić information content (AvgIpc) is 3.18. The first-order valence-electron chi connectivity index (χ1n) is 6.81. The van der Waals surface area contributed by atoms with E-state index in [1.165, 1.54) is 0 Å². The minimum absolute atomic E-state index is 0.0581. The van der Waals surface area contributed by atoms with Crippen molar-refractivity contribution in [2.45, 2.75) is 19.4 Å². The zero-order chi connectivity index (χ0) is 13.8. The van der Waals surface area contributed by atoms with Gasteiger partial charge in [0.05, 0.1) is 17.8 Å². The highest BCUT2D eigenvalue weighted by Gasteiger charge is 2.22. The molecular formula is C14H17N5O. The van der Waals surface area contributed by atoms with Crippen LogP contribution in [0.5, 0.6) is 0 Å². The summed E-state index contributed by atoms with van der Waals surface area (Å²) in [6.07, 6.45) is 5.56. The van der Waals surface area contributed by atoms with Gasteiger partial charge in [0.2, 0.25) is 0 Å². The second kappa shape index (κ2) is 5.73. The van der Waals surface area contributed by atoms with E-state index in [0.29, 0.717) is 17.9 Å².